The van der Waals surface area contributed by atoms with Crippen LogP contribution in [0.2, 0.25) is 0 Å². The minimum Gasteiger partial charge on any atom is -0.350 e. The average Bonchev–Trinajstić information content (AvgIpc) is 2.75. The predicted molar refractivity (Wildman–Crippen MR) is 77.5 cm³/mol. The Morgan fingerprint density at radius 2 is 1.95 bits per heavy atom. The molecule has 0 saturated carbocycles. The van der Waals surface area contributed by atoms with Crippen LogP contribution in [0.15, 0.2) is 57.1 Å². The third-order valence-corrected chi connectivity index (χ3v) is 4.24. The van der Waals surface area contributed by atoms with Gasteiger partial charge in [-0.3, -0.25) is 0 Å². The standard InChI is InChI=1S/C12H12BrN3O2S/c1-16-8-2-3-11(16)9-14-15-19(17,18)12-6-4-10(13)5-7-12/h2-9,15H,1H3/b14-9+. The number of sulfonamides is 1. The molecule has 0 radical (unpaired) electrons. The summed E-state index contributed by atoms with van der Waals surface area (Å²) in [6.45, 7) is 0. The van der Waals surface area contributed by atoms with Gasteiger partial charge in [-0.05, 0) is 36.4 Å². The Kier molecular flexibility index (Phi) is 4.06. The highest BCUT2D eigenvalue weighted by molar-refractivity contribution is 9.10. The van der Waals surface area contributed by atoms with Crippen molar-refractivity contribution in [3.05, 3.63) is 52.8 Å². The van der Waals surface area contributed by atoms with E-state index < -0.39 is 10.0 Å². The van der Waals surface area contributed by atoms with Crippen LogP contribution in [-0.2, 0) is 17.1 Å². The number of rotatable bonds is 4. The van der Waals surface area contributed by atoms with Gasteiger partial charge in [0, 0.05) is 17.7 Å². The van der Waals surface area contributed by atoms with E-state index in [4.69, 9.17) is 0 Å². The average molecular weight is 342 g/mol. The van der Waals surface area contributed by atoms with Gasteiger partial charge in [0.05, 0.1) is 16.8 Å². The fourth-order valence-corrected chi connectivity index (χ4v) is 2.49. The number of hydrazone groups is 1. The van der Waals surface area contributed by atoms with Gasteiger partial charge in [0.2, 0.25) is 0 Å². The summed E-state index contributed by atoms with van der Waals surface area (Å²) in [6.07, 6.45) is 3.31. The maximum Gasteiger partial charge on any atom is 0.276 e. The molecular formula is C12H12BrN3O2S. The molecule has 0 atom stereocenters. The van der Waals surface area contributed by atoms with Gasteiger partial charge in [-0.25, -0.2) is 4.83 Å². The summed E-state index contributed by atoms with van der Waals surface area (Å²) in [5.41, 5.74) is 0.804. The molecule has 1 heterocycles. The molecule has 2 aromatic rings. The lowest BCUT2D eigenvalue weighted by Gasteiger charge is -2.03. The number of aromatic nitrogens is 1. The molecule has 0 aliphatic carbocycles. The Balaban J connectivity index is 2.12. The summed E-state index contributed by atoms with van der Waals surface area (Å²) in [4.78, 5) is 2.34. The Labute approximate surface area is 120 Å². The Morgan fingerprint density at radius 3 is 2.53 bits per heavy atom. The van der Waals surface area contributed by atoms with E-state index in [2.05, 4.69) is 25.9 Å². The third-order valence-electron chi connectivity index (χ3n) is 2.48. The van der Waals surface area contributed by atoms with Crippen LogP contribution in [0.25, 0.3) is 0 Å². The Bertz CT molecular complexity index is 690. The Hall–Kier alpha value is -1.60. The van der Waals surface area contributed by atoms with Crippen LogP contribution < -0.4 is 4.83 Å². The molecule has 7 heteroatoms. The summed E-state index contributed by atoms with van der Waals surface area (Å²) in [5.74, 6) is 0. The molecule has 0 bridgehead atoms. The van der Waals surface area contributed by atoms with E-state index in [-0.39, 0.29) is 4.90 Å². The molecule has 0 unspecified atom stereocenters. The van der Waals surface area contributed by atoms with E-state index in [0.29, 0.717) is 0 Å². The first kappa shape index (κ1) is 13.8. The minimum absolute atomic E-state index is 0.166. The summed E-state index contributed by atoms with van der Waals surface area (Å²) < 4.78 is 26.5. The normalized spacial score (nSPS) is 11.9. The van der Waals surface area contributed by atoms with Crippen LogP contribution >= 0.6 is 15.9 Å². The van der Waals surface area contributed by atoms with Gasteiger partial charge in [0.1, 0.15) is 0 Å². The monoisotopic (exact) mass is 341 g/mol. The van der Waals surface area contributed by atoms with Crippen molar-refractivity contribution in [1.29, 1.82) is 0 Å². The van der Waals surface area contributed by atoms with E-state index >= 15 is 0 Å². The van der Waals surface area contributed by atoms with Crippen LogP contribution in [0.3, 0.4) is 0 Å². The van der Waals surface area contributed by atoms with Crippen LogP contribution in [-0.4, -0.2) is 19.2 Å². The molecule has 2 rings (SSSR count). The first-order chi connectivity index (χ1) is 8.99. The highest BCUT2D eigenvalue weighted by atomic mass is 79.9. The zero-order valence-corrected chi connectivity index (χ0v) is 12.5. The zero-order chi connectivity index (χ0) is 13.9. The van der Waals surface area contributed by atoms with Gasteiger partial charge in [-0.2, -0.15) is 13.5 Å². The first-order valence-electron chi connectivity index (χ1n) is 5.41. The summed E-state index contributed by atoms with van der Waals surface area (Å²) in [7, 11) is -1.77. The van der Waals surface area contributed by atoms with Gasteiger partial charge in [-0.1, -0.05) is 15.9 Å². The molecule has 19 heavy (non-hydrogen) atoms. The molecule has 0 fully saturated rings. The molecular weight excluding hydrogens is 330 g/mol. The summed E-state index contributed by atoms with van der Waals surface area (Å²) in [6, 6.07) is 10.0. The zero-order valence-electron chi connectivity index (χ0n) is 10.1. The maximum atomic E-state index is 11.9. The van der Waals surface area contributed by atoms with E-state index in [9.17, 15) is 8.42 Å². The van der Waals surface area contributed by atoms with Crippen LogP contribution in [0, 0.1) is 0 Å². The molecule has 0 spiro atoms. The first-order valence-corrected chi connectivity index (χ1v) is 7.68. The van der Waals surface area contributed by atoms with E-state index in [1.165, 1.54) is 18.3 Å². The molecule has 0 aliphatic rings. The van der Waals surface area contributed by atoms with Crippen LogP contribution in [0.4, 0.5) is 0 Å². The highest BCUT2D eigenvalue weighted by Crippen LogP contribution is 2.14. The molecule has 5 nitrogen and oxygen atoms in total. The SMILES string of the molecule is Cn1cccc1/C=N/NS(=O)(=O)c1ccc(Br)cc1. The number of halogens is 1. The van der Waals surface area contributed by atoms with Crippen molar-refractivity contribution < 1.29 is 8.42 Å². The quantitative estimate of drug-likeness (QED) is 0.683. The lowest BCUT2D eigenvalue weighted by atomic mass is 10.4. The number of hydrogen-bond donors (Lipinski definition) is 1. The highest BCUT2D eigenvalue weighted by Gasteiger charge is 2.11. The third kappa shape index (κ3) is 3.45. The molecule has 1 aromatic heterocycles. The van der Waals surface area contributed by atoms with Crippen molar-refractivity contribution in [2.24, 2.45) is 12.1 Å². The second-order valence-corrected chi connectivity index (χ2v) is 6.43. The second kappa shape index (κ2) is 5.58. The van der Waals surface area contributed by atoms with Crippen molar-refractivity contribution >= 4 is 32.2 Å². The molecule has 1 aromatic carbocycles. The lowest BCUT2D eigenvalue weighted by molar-refractivity contribution is 0.584. The molecule has 100 valence electrons. The fourth-order valence-electron chi connectivity index (χ4n) is 1.44. The number of hydrogen-bond acceptors (Lipinski definition) is 3. The molecule has 1 N–H and O–H groups in total. The molecule has 0 amide bonds. The largest absolute Gasteiger partial charge is 0.350 e. The van der Waals surface area contributed by atoms with E-state index in [1.807, 2.05) is 29.9 Å². The lowest BCUT2D eigenvalue weighted by Crippen LogP contribution is -2.18. The van der Waals surface area contributed by atoms with Gasteiger partial charge in [0.15, 0.2) is 0 Å². The van der Waals surface area contributed by atoms with E-state index in [0.717, 1.165) is 10.2 Å². The topological polar surface area (TPSA) is 63.5 Å². The smallest absolute Gasteiger partial charge is 0.276 e. The summed E-state index contributed by atoms with van der Waals surface area (Å²) >= 11 is 3.25. The van der Waals surface area contributed by atoms with Gasteiger partial charge < -0.3 is 4.57 Å². The summed E-state index contributed by atoms with van der Waals surface area (Å²) in [5, 5.41) is 3.75. The fraction of sp³-hybridized carbons (Fsp3) is 0.0833. The number of benzene rings is 1. The van der Waals surface area contributed by atoms with Crippen LogP contribution in [0.1, 0.15) is 5.69 Å². The van der Waals surface area contributed by atoms with Crippen molar-refractivity contribution in [2.45, 2.75) is 4.90 Å². The Morgan fingerprint density at radius 1 is 1.26 bits per heavy atom. The van der Waals surface area contributed by atoms with Crippen LogP contribution in [0.5, 0.6) is 0 Å². The van der Waals surface area contributed by atoms with Gasteiger partial charge in [0.25, 0.3) is 10.0 Å². The number of aryl methyl sites for hydroxylation is 1. The van der Waals surface area contributed by atoms with Gasteiger partial charge >= 0.3 is 0 Å². The van der Waals surface area contributed by atoms with Crippen molar-refractivity contribution in [3.63, 3.8) is 0 Å². The molecule has 0 saturated heterocycles. The van der Waals surface area contributed by atoms with Gasteiger partial charge in [-0.15, -0.1) is 0 Å². The van der Waals surface area contributed by atoms with E-state index in [1.54, 1.807) is 12.1 Å². The number of nitrogens with one attached hydrogen (secondary N) is 1. The van der Waals surface area contributed by atoms with Crippen molar-refractivity contribution in [1.82, 2.24) is 9.40 Å². The maximum absolute atomic E-state index is 11.9. The second-order valence-electron chi connectivity index (χ2n) is 3.85. The van der Waals surface area contributed by atoms with Crippen molar-refractivity contribution in [3.8, 4) is 0 Å². The van der Waals surface area contributed by atoms with Crippen molar-refractivity contribution in [2.75, 3.05) is 0 Å². The minimum atomic E-state index is -3.62. The predicted octanol–water partition coefficient (Wildman–Crippen LogP) is 2.10. The number of nitrogens with zero attached hydrogens (tertiary/aromatic N) is 2. The molecule has 0 aliphatic heterocycles.